The summed E-state index contributed by atoms with van der Waals surface area (Å²) in [6.07, 6.45) is 21.4. The lowest BCUT2D eigenvalue weighted by molar-refractivity contribution is -0.959. The summed E-state index contributed by atoms with van der Waals surface area (Å²) in [4.78, 5) is 16.2. The van der Waals surface area contributed by atoms with Crippen LogP contribution in [0.5, 0.6) is 0 Å². The van der Waals surface area contributed by atoms with Gasteiger partial charge < -0.3 is 5.32 Å². The van der Waals surface area contributed by atoms with Crippen molar-refractivity contribution >= 4 is 12.1 Å². The minimum absolute atomic E-state index is 0.0506. The monoisotopic (exact) mass is 378 g/mol. The van der Waals surface area contributed by atoms with E-state index in [1.807, 2.05) is 0 Å². The van der Waals surface area contributed by atoms with Crippen LogP contribution in [0.2, 0.25) is 0 Å². The Labute approximate surface area is 168 Å². The second kappa shape index (κ2) is 13.9. The maximum atomic E-state index is 11.5. The zero-order chi connectivity index (χ0) is 20.0. The molecule has 1 N–H and O–H groups in total. The molecule has 0 aromatic heterocycles. The van der Waals surface area contributed by atoms with Gasteiger partial charge in [0.25, 0.3) is 0 Å². The maximum absolute atomic E-state index is 11.5. The molecular weight excluding hydrogens is 334 g/mol. The fourth-order valence-corrected chi connectivity index (χ4v) is 4.23. The molecule has 0 aromatic rings. The quantitative estimate of drug-likeness (QED) is 0.225. The van der Waals surface area contributed by atoms with Gasteiger partial charge in [-0.1, -0.05) is 51.2 Å². The largest absolute Gasteiger partial charge is 0.307 e. The lowest BCUT2D eigenvalue weighted by Crippen LogP contribution is -2.63. The summed E-state index contributed by atoms with van der Waals surface area (Å²) in [6, 6.07) is 0. The maximum Gasteiger partial charge on any atom is 0.221 e. The summed E-state index contributed by atoms with van der Waals surface area (Å²) < 4.78 is 0.869. The molecule has 0 radical (unpaired) electrons. The van der Waals surface area contributed by atoms with Crippen molar-refractivity contribution in [2.24, 2.45) is 4.99 Å². The Balaban J connectivity index is 2.20. The Morgan fingerprint density at radius 3 is 2.37 bits per heavy atom. The number of hydrogen-bond donors (Lipinski definition) is 1. The first kappa shape index (κ1) is 23.9. The molecule has 4 nitrogen and oxygen atoms in total. The highest BCUT2D eigenvalue weighted by Crippen LogP contribution is 2.26. The molecule has 1 rings (SSSR count). The van der Waals surface area contributed by atoms with Crippen molar-refractivity contribution in [3.05, 3.63) is 12.2 Å². The second-order valence-corrected chi connectivity index (χ2v) is 8.10. The zero-order valence-corrected chi connectivity index (χ0v) is 18.4. The molecule has 156 valence electrons. The summed E-state index contributed by atoms with van der Waals surface area (Å²) in [5, 5.41) is 3.09. The van der Waals surface area contributed by atoms with Crippen LogP contribution < -0.4 is 5.32 Å². The summed E-state index contributed by atoms with van der Waals surface area (Å²) >= 11 is 0. The first-order chi connectivity index (χ1) is 13.1. The number of hydrogen-bond acceptors (Lipinski definition) is 2. The Bertz CT molecular complexity index is 461. The van der Waals surface area contributed by atoms with Crippen LogP contribution >= 0.6 is 0 Å². The number of allylic oxidation sites excluding steroid dienone is 2. The van der Waals surface area contributed by atoms with Crippen molar-refractivity contribution in [3.8, 4) is 0 Å². The van der Waals surface area contributed by atoms with E-state index in [0.717, 1.165) is 24.0 Å². The molecule has 0 fully saturated rings. The molecule has 0 spiro atoms. The average molecular weight is 379 g/mol. The molecule has 0 saturated heterocycles. The number of nitrogens with zero attached hydrogens (tertiary/aromatic N) is 2. The van der Waals surface area contributed by atoms with Crippen LogP contribution in [0, 0.1) is 0 Å². The van der Waals surface area contributed by atoms with Gasteiger partial charge in [-0.25, -0.2) is 4.99 Å². The summed E-state index contributed by atoms with van der Waals surface area (Å²) in [6.45, 7) is 10.1. The van der Waals surface area contributed by atoms with Crippen molar-refractivity contribution in [2.75, 3.05) is 13.1 Å². The van der Waals surface area contributed by atoms with Gasteiger partial charge in [-0.15, -0.1) is 0 Å². The Kier molecular flexibility index (Phi) is 12.3. The van der Waals surface area contributed by atoms with E-state index in [1.165, 1.54) is 64.2 Å². The van der Waals surface area contributed by atoms with Gasteiger partial charge in [0.1, 0.15) is 6.54 Å². The number of nitrogens with one attached hydrogen (secondary N) is 1. The van der Waals surface area contributed by atoms with E-state index in [4.69, 9.17) is 4.99 Å². The van der Waals surface area contributed by atoms with Gasteiger partial charge in [0.2, 0.25) is 5.91 Å². The average Bonchev–Trinajstić information content (AvgIpc) is 3.06. The van der Waals surface area contributed by atoms with Crippen LogP contribution in [0.1, 0.15) is 98.3 Å². The van der Waals surface area contributed by atoms with E-state index >= 15 is 0 Å². The molecule has 0 saturated carbocycles. The molecule has 27 heavy (non-hydrogen) atoms. The predicted octanol–water partition coefficient (Wildman–Crippen LogP) is 5.58. The van der Waals surface area contributed by atoms with Crippen molar-refractivity contribution in [2.45, 2.75) is 111 Å². The van der Waals surface area contributed by atoms with Crippen LogP contribution in [0.4, 0.5) is 0 Å². The third-order valence-corrected chi connectivity index (χ3v) is 6.04. The molecule has 1 aliphatic heterocycles. The first-order valence-corrected chi connectivity index (χ1v) is 11.4. The van der Waals surface area contributed by atoms with Crippen LogP contribution in [0.25, 0.3) is 0 Å². The number of quaternary nitrogens is 1. The van der Waals surface area contributed by atoms with E-state index in [0.29, 0.717) is 6.17 Å². The molecule has 0 bridgehead atoms. The van der Waals surface area contributed by atoms with E-state index in [1.54, 1.807) is 6.92 Å². The number of amides is 1. The highest BCUT2D eigenvalue weighted by molar-refractivity contribution is 5.73. The van der Waals surface area contributed by atoms with Gasteiger partial charge in [-0.3, -0.25) is 9.28 Å². The summed E-state index contributed by atoms with van der Waals surface area (Å²) in [7, 11) is 0. The van der Waals surface area contributed by atoms with E-state index < -0.39 is 0 Å². The van der Waals surface area contributed by atoms with Gasteiger partial charge in [0.15, 0.2) is 12.3 Å². The van der Waals surface area contributed by atoms with Crippen LogP contribution in [0.3, 0.4) is 0 Å². The van der Waals surface area contributed by atoms with Crippen LogP contribution in [0.15, 0.2) is 17.1 Å². The molecular formula is C23H44N3O+. The van der Waals surface area contributed by atoms with E-state index in [9.17, 15) is 4.79 Å². The third-order valence-electron chi connectivity index (χ3n) is 6.04. The smallest absolute Gasteiger partial charge is 0.221 e. The van der Waals surface area contributed by atoms with E-state index in [2.05, 4.69) is 44.5 Å². The van der Waals surface area contributed by atoms with Gasteiger partial charge >= 0.3 is 0 Å². The molecule has 3 atom stereocenters. The molecule has 1 aliphatic rings. The van der Waals surface area contributed by atoms with Gasteiger partial charge in [0, 0.05) is 20.3 Å². The van der Waals surface area contributed by atoms with Crippen LogP contribution in [-0.2, 0) is 4.79 Å². The zero-order valence-electron chi connectivity index (χ0n) is 18.4. The van der Waals surface area contributed by atoms with Crippen molar-refractivity contribution in [1.82, 2.24) is 5.32 Å². The fraction of sp³-hybridized carbons (Fsp3) is 0.826. The molecule has 1 heterocycles. The number of unbranched alkanes of at least 4 members (excludes halogenated alkanes) is 8. The first-order valence-electron chi connectivity index (χ1n) is 11.4. The standard InChI is InChI=1S/C23H43N3O/c1-5-7-8-9-10-11-12-13-14-15-16-17-18-23-24-19-20-26(23,6-2)21(3)25-22(4)27/h13-14,19,21,23H,5-12,15-18,20H2,1-4H3/p+1/b14-13+. The Morgan fingerprint density at radius 1 is 1.11 bits per heavy atom. The Morgan fingerprint density at radius 2 is 1.74 bits per heavy atom. The molecule has 1 amide bonds. The summed E-state index contributed by atoms with van der Waals surface area (Å²) in [5.41, 5.74) is 0. The number of carbonyl (C=O) groups excluding carboxylic acids is 1. The highest BCUT2D eigenvalue weighted by atomic mass is 16.1. The van der Waals surface area contributed by atoms with Crippen molar-refractivity contribution in [3.63, 3.8) is 0 Å². The number of aliphatic imine (C=N–C) groups is 1. The topological polar surface area (TPSA) is 41.5 Å². The van der Waals surface area contributed by atoms with Crippen molar-refractivity contribution in [1.29, 1.82) is 0 Å². The molecule has 0 aliphatic carbocycles. The third kappa shape index (κ3) is 8.59. The lowest BCUT2D eigenvalue weighted by Gasteiger charge is -2.42. The fourth-order valence-electron chi connectivity index (χ4n) is 4.23. The summed E-state index contributed by atoms with van der Waals surface area (Å²) in [5.74, 6) is 0.0506. The molecule has 3 unspecified atom stereocenters. The van der Waals surface area contributed by atoms with Gasteiger partial charge in [-0.05, 0) is 39.0 Å². The Hall–Kier alpha value is -1.16. The minimum atomic E-state index is 0.0506. The highest BCUT2D eigenvalue weighted by Gasteiger charge is 2.42. The van der Waals surface area contributed by atoms with Crippen LogP contribution in [-0.4, -0.2) is 42.0 Å². The van der Waals surface area contributed by atoms with Crippen molar-refractivity contribution < 1.29 is 9.28 Å². The second-order valence-electron chi connectivity index (χ2n) is 8.10. The lowest BCUT2D eigenvalue weighted by atomic mass is 10.1. The minimum Gasteiger partial charge on any atom is -0.307 e. The van der Waals surface area contributed by atoms with Gasteiger partial charge in [0.05, 0.1) is 12.8 Å². The number of carbonyl (C=O) groups is 1. The van der Waals surface area contributed by atoms with E-state index in [-0.39, 0.29) is 12.1 Å². The molecule has 0 aromatic carbocycles. The number of rotatable bonds is 15. The van der Waals surface area contributed by atoms with Gasteiger partial charge in [-0.2, -0.15) is 0 Å². The SMILES string of the molecule is CCCCCCCC/C=C/CCCCC1N=CC[N+]1(CC)C(C)NC(C)=O. The predicted molar refractivity (Wildman–Crippen MR) is 117 cm³/mol. The molecule has 4 heteroatoms. The normalized spacial score (nSPS) is 23.2.